The van der Waals surface area contributed by atoms with Crippen LogP contribution in [0.4, 0.5) is 4.79 Å². The van der Waals surface area contributed by atoms with Crippen LogP contribution < -0.4 is 4.74 Å². The number of hydrogen-bond donors (Lipinski definition) is 0. The fourth-order valence-electron chi connectivity index (χ4n) is 2.75. The van der Waals surface area contributed by atoms with Crippen molar-refractivity contribution in [1.29, 1.82) is 0 Å². The predicted octanol–water partition coefficient (Wildman–Crippen LogP) is 4.48. The highest BCUT2D eigenvalue weighted by Gasteiger charge is 2.26. The number of rotatable bonds is 1. The average molecular weight is 325 g/mol. The van der Waals surface area contributed by atoms with Crippen molar-refractivity contribution >= 4 is 6.09 Å². The Morgan fingerprint density at radius 2 is 1.83 bits per heavy atom. The molecule has 0 unspecified atom stereocenters. The molecule has 1 heterocycles. The molecule has 0 saturated carbocycles. The Hall–Kier alpha value is -2.49. The van der Waals surface area contributed by atoms with E-state index in [9.17, 15) is 4.79 Å². The number of para-hydroxylation sites is 1. The molecular formula is C20H23NO3. The maximum absolute atomic E-state index is 12.4. The molecular weight excluding hydrogens is 302 g/mol. The molecule has 126 valence electrons. The summed E-state index contributed by atoms with van der Waals surface area (Å²) in [5, 5.41) is 0. The van der Waals surface area contributed by atoms with Crippen LogP contribution >= 0.6 is 0 Å². The highest BCUT2D eigenvalue weighted by Crippen LogP contribution is 2.35. The highest BCUT2D eigenvalue weighted by molar-refractivity contribution is 5.73. The quantitative estimate of drug-likeness (QED) is 0.776. The molecule has 24 heavy (non-hydrogen) atoms. The van der Waals surface area contributed by atoms with Crippen molar-refractivity contribution in [3.63, 3.8) is 0 Å². The number of fused-ring (bicyclic) bond motifs is 1. The van der Waals surface area contributed by atoms with E-state index in [-0.39, 0.29) is 6.09 Å². The number of nitrogens with zero attached hydrogens (tertiary/aromatic N) is 1. The van der Waals surface area contributed by atoms with Gasteiger partial charge < -0.3 is 14.4 Å². The molecule has 0 aliphatic carbocycles. The summed E-state index contributed by atoms with van der Waals surface area (Å²) in [6, 6.07) is 16.2. The molecule has 0 saturated heterocycles. The monoisotopic (exact) mass is 325 g/mol. The standard InChI is InChI=1S/C20H23NO3/c1-20(2,3)24-19(22)21-12-13-23-18-16(14-21)10-7-11-17(18)15-8-5-4-6-9-15/h4-11H,12-14H2,1-3H3. The van der Waals surface area contributed by atoms with Crippen LogP contribution in [0.3, 0.4) is 0 Å². The van der Waals surface area contributed by atoms with Gasteiger partial charge in [-0.3, -0.25) is 0 Å². The fourth-order valence-corrected chi connectivity index (χ4v) is 2.75. The van der Waals surface area contributed by atoms with Gasteiger partial charge in [0.05, 0.1) is 13.1 Å². The third-order valence-electron chi connectivity index (χ3n) is 3.80. The molecule has 3 rings (SSSR count). The summed E-state index contributed by atoms with van der Waals surface area (Å²) in [6.07, 6.45) is -0.302. The van der Waals surface area contributed by atoms with Crippen molar-refractivity contribution in [2.75, 3.05) is 13.2 Å². The third kappa shape index (κ3) is 3.70. The van der Waals surface area contributed by atoms with Gasteiger partial charge in [-0.2, -0.15) is 0 Å². The van der Waals surface area contributed by atoms with Gasteiger partial charge in [-0.15, -0.1) is 0 Å². The molecule has 0 bridgehead atoms. The Kier molecular flexibility index (Phi) is 4.47. The Morgan fingerprint density at radius 3 is 2.54 bits per heavy atom. The lowest BCUT2D eigenvalue weighted by Crippen LogP contribution is -2.37. The zero-order valence-corrected chi connectivity index (χ0v) is 14.4. The van der Waals surface area contributed by atoms with E-state index in [0.717, 1.165) is 22.4 Å². The number of benzene rings is 2. The third-order valence-corrected chi connectivity index (χ3v) is 3.80. The Bertz CT molecular complexity index is 719. The molecule has 1 aliphatic rings. The molecule has 1 amide bonds. The number of hydrogen-bond acceptors (Lipinski definition) is 3. The van der Waals surface area contributed by atoms with Crippen molar-refractivity contribution in [2.24, 2.45) is 0 Å². The zero-order valence-electron chi connectivity index (χ0n) is 14.4. The SMILES string of the molecule is CC(C)(C)OC(=O)N1CCOc2c(cccc2-c2ccccc2)C1. The van der Waals surface area contributed by atoms with Gasteiger partial charge in [-0.25, -0.2) is 4.79 Å². The van der Waals surface area contributed by atoms with E-state index in [4.69, 9.17) is 9.47 Å². The number of ether oxygens (including phenoxy) is 2. The first-order chi connectivity index (χ1) is 11.4. The summed E-state index contributed by atoms with van der Waals surface area (Å²) in [5.74, 6) is 0.856. The fraction of sp³-hybridized carbons (Fsp3) is 0.350. The second-order valence-corrected chi connectivity index (χ2v) is 6.91. The summed E-state index contributed by atoms with van der Waals surface area (Å²) in [4.78, 5) is 14.1. The minimum absolute atomic E-state index is 0.302. The highest BCUT2D eigenvalue weighted by atomic mass is 16.6. The van der Waals surface area contributed by atoms with Crippen LogP contribution in [0.1, 0.15) is 26.3 Å². The van der Waals surface area contributed by atoms with Gasteiger partial charge >= 0.3 is 6.09 Å². The first-order valence-corrected chi connectivity index (χ1v) is 8.22. The van der Waals surface area contributed by atoms with E-state index < -0.39 is 5.60 Å². The van der Waals surface area contributed by atoms with Crippen LogP contribution in [0.2, 0.25) is 0 Å². The van der Waals surface area contributed by atoms with Crippen molar-refractivity contribution in [2.45, 2.75) is 32.9 Å². The van der Waals surface area contributed by atoms with E-state index in [1.165, 1.54) is 0 Å². The largest absolute Gasteiger partial charge is 0.491 e. The van der Waals surface area contributed by atoms with Crippen molar-refractivity contribution in [3.05, 3.63) is 54.1 Å². The minimum Gasteiger partial charge on any atom is -0.491 e. The molecule has 0 fully saturated rings. The molecule has 1 aliphatic heterocycles. The summed E-state index contributed by atoms with van der Waals surface area (Å²) in [7, 11) is 0. The molecule has 2 aromatic rings. The maximum atomic E-state index is 12.4. The van der Waals surface area contributed by atoms with Crippen molar-refractivity contribution in [3.8, 4) is 16.9 Å². The number of carbonyl (C=O) groups is 1. The van der Waals surface area contributed by atoms with Crippen LogP contribution in [-0.4, -0.2) is 29.7 Å². The molecule has 0 N–H and O–H groups in total. The molecule has 4 heteroatoms. The normalized spacial score (nSPS) is 14.4. The summed E-state index contributed by atoms with van der Waals surface area (Å²) < 4.78 is 11.5. The number of carbonyl (C=O) groups excluding carboxylic acids is 1. The predicted molar refractivity (Wildman–Crippen MR) is 94.0 cm³/mol. The van der Waals surface area contributed by atoms with Gasteiger partial charge in [0.25, 0.3) is 0 Å². The summed E-state index contributed by atoms with van der Waals surface area (Å²) >= 11 is 0. The molecule has 0 spiro atoms. The minimum atomic E-state index is -0.501. The van der Waals surface area contributed by atoms with Crippen molar-refractivity contribution in [1.82, 2.24) is 4.90 Å². The van der Waals surface area contributed by atoms with Gasteiger partial charge in [0.1, 0.15) is 18.0 Å². The van der Waals surface area contributed by atoms with Crippen LogP contribution in [-0.2, 0) is 11.3 Å². The van der Waals surface area contributed by atoms with E-state index in [2.05, 4.69) is 18.2 Å². The molecule has 0 radical (unpaired) electrons. The Balaban J connectivity index is 1.89. The van der Waals surface area contributed by atoms with Crippen LogP contribution in [0.15, 0.2) is 48.5 Å². The first kappa shape index (κ1) is 16.4. The molecule has 0 aromatic heterocycles. The lowest BCUT2D eigenvalue weighted by Gasteiger charge is -2.26. The van der Waals surface area contributed by atoms with E-state index in [1.54, 1.807) is 4.90 Å². The lowest BCUT2D eigenvalue weighted by molar-refractivity contribution is 0.0225. The van der Waals surface area contributed by atoms with Gasteiger partial charge in [0, 0.05) is 11.1 Å². The van der Waals surface area contributed by atoms with Gasteiger partial charge in [0.15, 0.2) is 0 Å². The topological polar surface area (TPSA) is 38.8 Å². The Labute approximate surface area is 143 Å². The maximum Gasteiger partial charge on any atom is 0.410 e. The van der Waals surface area contributed by atoms with Crippen LogP contribution in [0.25, 0.3) is 11.1 Å². The van der Waals surface area contributed by atoms with Gasteiger partial charge in [-0.1, -0.05) is 48.5 Å². The van der Waals surface area contributed by atoms with Crippen LogP contribution in [0.5, 0.6) is 5.75 Å². The van der Waals surface area contributed by atoms with E-state index >= 15 is 0 Å². The van der Waals surface area contributed by atoms with Gasteiger partial charge in [-0.05, 0) is 26.3 Å². The average Bonchev–Trinajstić information content (AvgIpc) is 2.76. The summed E-state index contributed by atoms with van der Waals surface area (Å²) in [6.45, 7) is 7.08. The zero-order chi connectivity index (χ0) is 17.2. The van der Waals surface area contributed by atoms with E-state index in [0.29, 0.717) is 19.7 Å². The molecule has 2 aromatic carbocycles. The molecule has 4 nitrogen and oxygen atoms in total. The van der Waals surface area contributed by atoms with E-state index in [1.807, 2.05) is 51.1 Å². The van der Waals surface area contributed by atoms with Crippen molar-refractivity contribution < 1.29 is 14.3 Å². The number of amides is 1. The van der Waals surface area contributed by atoms with Crippen LogP contribution in [0, 0.1) is 0 Å². The first-order valence-electron chi connectivity index (χ1n) is 8.22. The second kappa shape index (κ2) is 6.56. The second-order valence-electron chi connectivity index (χ2n) is 6.91. The smallest absolute Gasteiger partial charge is 0.410 e. The van der Waals surface area contributed by atoms with Gasteiger partial charge in [0.2, 0.25) is 0 Å². The molecule has 0 atom stereocenters. The Morgan fingerprint density at radius 1 is 1.08 bits per heavy atom. The summed E-state index contributed by atoms with van der Waals surface area (Å²) in [5.41, 5.74) is 2.66. The lowest BCUT2D eigenvalue weighted by atomic mass is 10.0.